The highest BCUT2D eigenvalue weighted by atomic mass is 35.5. The van der Waals surface area contributed by atoms with Gasteiger partial charge in [-0.15, -0.1) is 0 Å². The molecule has 0 aliphatic rings. The van der Waals surface area contributed by atoms with Crippen LogP contribution in [0, 0.1) is 13.8 Å². The van der Waals surface area contributed by atoms with Crippen LogP contribution in [0.25, 0.3) is 0 Å². The summed E-state index contributed by atoms with van der Waals surface area (Å²) in [6, 6.07) is 7.86. The van der Waals surface area contributed by atoms with Crippen molar-refractivity contribution >= 4 is 11.6 Å². The average molecular weight is 221 g/mol. The molecule has 1 aromatic carbocycles. The molecule has 78 valence electrons. The highest BCUT2D eigenvalue weighted by Crippen LogP contribution is 2.12. The van der Waals surface area contributed by atoms with Crippen molar-refractivity contribution in [2.75, 3.05) is 0 Å². The Morgan fingerprint density at radius 2 is 2.13 bits per heavy atom. The van der Waals surface area contributed by atoms with E-state index in [9.17, 15) is 0 Å². The first-order chi connectivity index (χ1) is 7.15. The minimum atomic E-state index is 0.771. The molecule has 2 aromatic rings. The van der Waals surface area contributed by atoms with Gasteiger partial charge in [-0.2, -0.15) is 5.10 Å². The Kier molecular flexibility index (Phi) is 2.78. The molecule has 0 N–H and O–H groups in total. The first-order valence-corrected chi connectivity index (χ1v) is 5.28. The third-order valence-electron chi connectivity index (χ3n) is 2.43. The van der Waals surface area contributed by atoms with Crippen molar-refractivity contribution in [3.63, 3.8) is 0 Å². The minimum Gasteiger partial charge on any atom is -0.268 e. The Labute approximate surface area is 94.5 Å². The molecule has 2 nitrogen and oxygen atoms in total. The molecule has 0 amide bonds. The number of nitrogens with zero attached hydrogens (tertiary/aromatic N) is 2. The molecule has 0 unspecified atom stereocenters. The summed E-state index contributed by atoms with van der Waals surface area (Å²) in [6.45, 7) is 4.86. The van der Waals surface area contributed by atoms with Gasteiger partial charge in [0.2, 0.25) is 0 Å². The molecule has 0 spiro atoms. The molecule has 0 saturated carbocycles. The van der Waals surface area contributed by atoms with Crippen LogP contribution in [0.2, 0.25) is 5.02 Å². The molecule has 15 heavy (non-hydrogen) atoms. The van der Waals surface area contributed by atoms with E-state index in [1.165, 1.54) is 11.1 Å². The summed E-state index contributed by atoms with van der Waals surface area (Å²) in [5, 5.41) is 5.18. The third-order valence-corrected chi connectivity index (χ3v) is 2.66. The maximum absolute atomic E-state index is 5.92. The SMILES string of the molecule is Cc1cn(Cc2cccc(Cl)c2)nc1C. The summed E-state index contributed by atoms with van der Waals surface area (Å²) in [7, 11) is 0. The van der Waals surface area contributed by atoms with Gasteiger partial charge in [-0.3, -0.25) is 4.68 Å². The van der Waals surface area contributed by atoms with Gasteiger partial charge in [0.25, 0.3) is 0 Å². The fourth-order valence-corrected chi connectivity index (χ4v) is 1.73. The van der Waals surface area contributed by atoms with Gasteiger partial charge < -0.3 is 0 Å². The molecular weight excluding hydrogens is 208 g/mol. The largest absolute Gasteiger partial charge is 0.268 e. The first kappa shape index (κ1) is 10.2. The normalized spacial score (nSPS) is 10.6. The molecule has 0 radical (unpaired) electrons. The number of hydrogen-bond donors (Lipinski definition) is 0. The fourth-order valence-electron chi connectivity index (χ4n) is 1.52. The van der Waals surface area contributed by atoms with Crippen LogP contribution in [-0.4, -0.2) is 9.78 Å². The lowest BCUT2D eigenvalue weighted by atomic mass is 10.2. The van der Waals surface area contributed by atoms with E-state index in [2.05, 4.69) is 24.3 Å². The van der Waals surface area contributed by atoms with Crippen LogP contribution in [0.3, 0.4) is 0 Å². The van der Waals surface area contributed by atoms with Gasteiger partial charge >= 0.3 is 0 Å². The van der Waals surface area contributed by atoms with E-state index in [0.29, 0.717) is 0 Å². The van der Waals surface area contributed by atoms with Crippen molar-refractivity contribution < 1.29 is 0 Å². The van der Waals surface area contributed by atoms with Crippen molar-refractivity contribution in [1.29, 1.82) is 0 Å². The van der Waals surface area contributed by atoms with E-state index in [0.717, 1.165) is 17.3 Å². The van der Waals surface area contributed by atoms with Gasteiger partial charge in [0.05, 0.1) is 12.2 Å². The van der Waals surface area contributed by atoms with E-state index in [1.807, 2.05) is 29.8 Å². The van der Waals surface area contributed by atoms with Crippen LogP contribution >= 0.6 is 11.6 Å². The molecule has 0 aliphatic carbocycles. The van der Waals surface area contributed by atoms with E-state index >= 15 is 0 Å². The lowest BCUT2D eigenvalue weighted by molar-refractivity contribution is 0.679. The smallest absolute Gasteiger partial charge is 0.0660 e. The van der Waals surface area contributed by atoms with Crippen LogP contribution in [0.1, 0.15) is 16.8 Å². The quantitative estimate of drug-likeness (QED) is 0.760. The molecule has 0 aliphatic heterocycles. The molecule has 0 saturated heterocycles. The number of rotatable bonds is 2. The van der Waals surface area contributed by atoms with Gasteiger partial charge in [0, 0.05) is 11.2 Å². The lowest BCUT2D eigenvalue weighted by Gasteiger charge is -2.01. The zero-order valence-electron chi connectivity index (χ0n) is 8.87. The summed E-state index contributed by atoms with van der Waals surface area (Å²) >= 11 is 5.92. The maximum Gasteiger partial charge on any atom is 0.0660 e. The lowest BCUT2D eigenvalue weighted by Crippen LogP contribution is -2.00. The van der Waals surface area contributed by atoms with Crippen molar-refractivity contribution in [2.24, 2.45) is 0 Å². The molecule has 2 rings (SSSR count). The fraction of sp³-hybridized carbons (Fsp3) is 0.250. The molecule has 0 fully saturated rings. The van der Waals surface area contributed by atoms with Crippen LogP contribution in [0.15, 0.2) is 30.5 Å². The maximum atomic E-state index is 5.92. The van der Waals surface area contributed by atoms with E-state index in [4.69, 9.17) is 11.6 Å². The first-order valence-electron chi connectivity index (χ1n) is 4.90. The summed E-state index contributed by atoms with van der Waals surface area (Å²) in [4.78, 5) is 0. The second kappa shape index (κ2) is 4.07. The number of halogens is 1. The molecule has 1 aromatic heterocycles. The van der Waals surface area contributed by atoms with Crippen molar-refractivity contribution in [3.8, 4) is 0 Å². The second-order valence-corrected chi connectivity index (χ2v) is 4.16. The molecule has 0 bridgehead atoms. The highest BCUT2D eigenvalue weighted by Gasteiger charge is 2.01. The monoisotopic (exact) mass is 220 g/mol. The van der Waals surface area contributed by atoms with Crippen LogP contribution in [0.4, 0.5) is 0 Å². The number of aryl methyl sites for hydroxylation is 2. The summed E-state index contributed by atoms with van der Waals surface area (Å²) in [6.07, 6.45) is 2.05. The van der Waals surface area contributed by atoms with Crippen molar-refractivity contribution in [2.45, 2.75) is 20.4 Å². The zero-order valence-corrected chi connectivity index (χ0v) is 9.62. The van der Waals surface area contributed by atoms with Gasteiger partial charge in [0.1, 0.15) is 0 Å². The van der Waals surface area contributed by atoms with Crippen molar-refractivity contribution in [1.82, 2.24) is 9.78 Å². The van der Waals surface area contributed by atoms with E-state index < -0.39 is 0 Å². The number of hydrogen-bond acceptors (Lipinski definition) is 1. The predicted molar refractivity (Wildman–Crippen MR) is 62.3 cm³/mol. The van der Waals surface area contributed by atoms with Gasteiger partial charge in [0.15, 0.2) is 0 Å². The van der Waals surface area contributed by atoms with Crippen LogP contribution in [-0.2, 0) is 6.54 Å². The van der Waals surface area contributed by atoms with E-state index in [1.54, 1.807) is 0 Å². The Morgan fingerprint density at radius 3 is 2.73 bits per heavy atom. The number of benzene rings is 1. The van der Waals surface area contributed by atoms with Crippen LogP contribution in [0.5, 0.6) is 0 Å². The third kappa shape index (κ3) is 2.39. The number of aromatic nitrogens is 2. The predicted octanol–water partition coefficient (Wildman–Crippen LogP) is 3.20. The van der Waals surface area contributed by atoms with Gasteiger partial charge in [-0.25, -0.2) is 0 Å². The van der Waals surface area contributed by atoms with Gasteiger partial charge in [-0.05, 0) is 37.1 Å². The Bertz CT molecular complexity index is 455. The van der Waals surface area contributed by atoms with Crippen molar-refractivity contribution in [3.05, 3.63) is 52.3 Å². The zero-order chi connectivity index (χ0) is 10.8. The highest BCUT2D eigenvalue weighted by molar-refractivity contribution is 6.30. The summed E-state index contributed by atoms with van der Waals surface area (Å²) in [5.41, 5.74) is 3.47. The molecule has 0 atom stereocenters. The molecule has 3 heteroatoms. The van der Waals surface area contributed by atoms with E-state index in [-0.39, 0.29) is 0 Å². The van der Waals surface area contributed by atoms with Crippen LogP contribution < -0.4 is 0 Å². The minimum absolute atomic E-state index is 0.771. The average Bonchev–Trinajstić information content (AvgIpc) is 2.45. The van der Waals surface area contributed by atoms with Gasteiger partial charge in [-0.1, -0.05) is 23.7 Å². The summed E-state index contributed by atoms with van der Waals surface area (Å²) < 4.78 is 1.94. The Hall–Kier alpha value is -1.28. The topological polar surface area (TPSA) is 17.8 Å². The molecule has 1 heterocycles. The molecular formula is C12H13ClN2. The Morgan fingerprint density at radius 1 is 1.33 bits per heavy atom. The summed E-state index contributed by atoms with van der Waals surface area (Å²) in [5.74, 6) is 0. The standard InChI is InChI=1S/C12H13ClN2/c1-9-7-15(14-10(9)2)8-11-4-3-5-12(13)6-11/h3-7H,8H2,1-2H3. The Balaban J connectivity index is 2.22. The second-order valence-electron chi connectivity index (χ2n) is 3.73.